The van der Waals surface area contributed by atoms with Gasteiger partial charge in [0.2, 0.25) is 0 Å². The first kappa shape index (κ1) is 20.1. The van der Waals surface area contributed by atoms with Crippen LogP contribution in [-0.2, 0) is 11.2 Å². The molecule has 3 heterocycles. The second-order valence-corrected chi connectivity index (χ2v) is 8.36. The van der Waals surface area contributed by atoms with Gasteiger partial charge in [0.25, 0.3) is 5.91 Å². The van der Waals surface area contributed by atoms with Gasteiger partial charge >= 0.3 is 0 Å². The molecule has 2 aliphatic rings. The van der Waals surface area contributed by atoms with E-state index in [0.717, 1.165) is 61.3 Å². The smallest absolute Gasteiger partial charge is 0.256 e. The molecule has 0 unspecified atom stereocenters. The molecule has 0 radical (unpaired) electrons. The fourth-order valence-corrected chi connectivity index (χ4v) is 4.77. The summed E-state index contributed by atoms with van der Waals surface area (Å²) in [6, 6.07) is 14.4. The number of halogens is 1. The van der Waals surface area contributed by atoms with Crippen LogP contribution in [0.3, 0.4) is 0 Å². The van der Waals surface area contributed by atoms with Crippen molar-refractivity contribution < 1.29 is 18.3 Å². The van der Waals surface area contributed by atoms with Crippen LogP contribution in [0.15, 0.2) is 52.9 Å². The van der Waals surface area contributed by atoms with E-state index in [0.29, 0.717) is 25.2 Å². The van der Waals surface area contributed by atoms with Gasteiger partial charge in [0.15, 0.2) is 0 Å². The number of piperidine rings is 1. The van der Waals surface area contributed by atoms with Crippen LogP contribution in [0.2, 0.25) is 0 Å². The molecule has 0 N–H and O–H groups in total. The summed E-state index contributed by atoms with van der Waals surface area (Å²) >= 11 is 0. The van der Waals surface area contributed by atoms with Crippen molar-refractivity contribution in [3.05, 3.63) is 65.7 Å². The average Bonchev–Trinajstić information content (AvgIpc) is 3.21. The van der Waals surface area contributed by atoms with Gasteiger partial charge in [-0.05, 0) is 55.7 Å². The van der Waals surface area contributed by atoms with Gasteiger partial charge in [0.05, 0.1) is 18.8 Å². The number of morpholine rings is 1. The second kappa shape index (κ2) is 8.71. The first-order valence-corrected chi connectivity index (χ1v) is 11.1. The minimum Gasteiger partial charge on any atom is -0.461 e. The molecule has 2 aliphatic heterocycles. The number of para-hydroxylation sites is 1. The summed E-state index contributed by atoms with van der Waals surface area (Å²) in [6.45, 7) is 3.70. The molecule has 1 aromatic heterocycles. The number of carbonyl (C=O) groups excluding carboxylic acids is 1. The molecule has 0 aliphatic carbocycles. The first-order chi connectivity index (χ1) is 15.2. The van der Waals surface area contributed by atoms with E-state index in [4.69, 9.17) is 9.15 Å². The lowest BCUT2D eigenvalue weighted by Gasteiger charge is -2.37. The molecule has 3 aromatic rings. The molecule has 2 fully saturated rings. The molecule has 2 saturated heterocycles. The van der Waals surface area contributed by atoms with Gasteiger partial charge in [-0.1, -0.05) is 12.1 Å². The highest BCUT2D eigenvalue weighted by atomic mass is 19.1. The molecule has 0 saturated carbocycles. The standard InChI is InChI=1S/C25H27FN2O3/c26-19-8-9-24-18(15-19)16-21(31-24)17-20-5-3-4-10-28(20)25(29)22-6-1-2-7-23(22)27-11-13-30-14-12-27/h1-2,6-9,15-16,20H,3-5,10-14,17H2/t20-/m0/s1. The molecular formula is C25H27FN2O3. The van der Waals surface area contributed by atoms with Crippen LogP contribution < -0.4 is 4.90 Å². The Morgan fingerprint density at radius 2 is 1.87 bits per heavy atom. The van der Waals surface area contributed by atoms with Gasteiger partial charge in [-0.2, -0.15) is 0 Å². The third kappa shape index (κ3) is 4.17. The number of anilines is 1. The van der Waals surface area contributed by atoms with Crippen molar-refractivity contribution in [1.29, 1.82) is 0 Å². The van der Waals surface area contributed by atoms with Gasteiger partial charge in [0.1, 0.15) is 17.2 Å². The largest absolute Gasteiger partial charge is 0.461 e. The third-order valence-corrected chi connectivity index (χ3v) is 6.34. The van der Waals surface area contributed by atoms with E-state index in [1.807, 2.05) is 35.2 Å². The maximum Gasteiger partial charge on any atom is 0.256 e. The van der Waals surface area contributed by atoms with Gasteiger partial charge in [-0.15, -0.1) is 0 Å². The van der Waals surface area contributed by atoms with Crippen LogP contribution in [0.1, 0.15) is 35.4 Å². The highest BCUT2D eigenvalue weighted by Gasteiger charge is 2.30. The topological polar surface area (TPSA) is 45.9 Å². The van der Waals surface area contributed by atoms with E-state index in [9.17, 15) is 9.18 Å². The fourth-order valence-electron chi connectivity index (χ4n) is 4.77. The van der Waals surface area contributed by atoms with Crippen molar-refractivity contribution >= 4 is 22.6 Å². The molecule has 0 bridgehead atoms. The molecule has 5 nitrogen and oxygen atoms in total. The Morgan fingerprint density at radius 1 is 1.03 bits per heavy atom. The van der Waals surface area contributed by atoms with Crippen molar-refractivity contribution in [1.82, 2.24) is 4.90 Å². The molecule has 2 aromatic carbocycles. The second-order valence-electron chi connectivity index (χ2n) is 8.36. The van der Waals surface area contributed by atoms with Crippen LogP contribution >= 0.6 is 0 Å². The number of carbonyl (C=O) groups is 1. The number of rotatable bonds is 4. The Balaban J connectivity index is 1.39. The number of hydrogen-bond donors (Lipinski definition) is 0. The van der Waals surface area contributed by atoms with Crippen molar-refractivity contribution in [2.75, 3.05) is 37.7 Å². The zero-order chi connectivity index (χ0) is 21.2. The number of nitrogens with zero attached hydrogens (tertiary/aromatic N) is 2. The van der Waals surface area contributed by atoms with Crippen molar-refractivity contribution in [3.8, 4) is 0 Å². The number of benzene rings is 2. The predicted octanol–water partition coefficient (Wildman–Crippen LogP) is 4.65. The SMILES string of the molecule is O=C(c1ccccc1N1CCOCC1)N1CCCC[C@H]1Cc1cc2cc(F)ccc2o1. The Kier molecular flexibility index (Phi) is 5.64. The van der Waals surface area contributed by atoms with E-state index >= 15 is 0 Å². The average molecular weight is 423 g/mol. The lowest BCUT2D eigenvalue weighted by atomic mass is 9.96. The van der Waals surface area contributed by atoms with Crippen LogP contribution in [0.5, 0.6) is 0 Å². The molecule has 1 atom stereocenters. The molecule has 6 heteroatoms. The lowest BCUT2D eigenvalue weighted by Crippen LogP contribution is -2.45. The minimum atomic E-state index is -0.269. The minimum absolute atomic E-state index is 0.0735. The Morgan fingerprint density at radius 3 is 2.74 bits per heavy atom. The van der Waals surface area contributed by atoms with E-state index < -0.39 is 0 Å². The van der Waals surface area contributed by atoms with Crippen molar-refractivity contribution in [3.63, 3.8) is 0 Å². The lowest BCUT2D eigenvalue weighted by molar-refractivity contribution is 0.0607. The zero-order valence-electron chi connectivity index (χ0n) is 17.6. The van der Waals surface area contributed by atoms with Crippen molar-refractivity contribution in [2.24, 2.45) is 0 Å². The predicted molar refractivity (Wildman–Crippen MR) is 118 cm³/mol. The molecule has 162 valence electrons. The van der Waals surface area contributed by atoms with Gasteiger partial charge in [-0.25, -0.2) is 4.39 Å². The van der Waals surface area contributed by atoms with Crippen LogP contribution in [0, 0.1) is 5.82 Å². The summed E-state index contributed by atoms with van der Waals surface area (Å²) in [5.74, 6) is 0.606. The maximum atomic E-state index is 13.7. The first-order valence-electron chi connectivity index (χ1n) is 11.1. The Hall–Kier alpha value is -2.86. The van der Waals surface area contributed by atoms with E-state index in [1.54, 1.807) is 6.07 Å². The summed E-state index contributed by atoms with van der Waals surface area (Å²) in [5.41, 5.74) is 2.42. The molecule has 5 rings (SSSR count). The number of furan rings is 1. The monoisotopic (exact) mass is 422 g/mol. The maximum absolute atomic E-state index is 13.7. The Labute approximate surface area is 181 Å². The number of ether oxygens (including phenoxy) is 1. The van der Waals surface area contributed by atoms with Gasteiger partial charge in [-0.3, -0.25) is 4.79 Å². The molecule has 31 heavy (non-hydrogen) atoms. The molecular weight excluding hydrogens is 395 g/mol. The van der Waals surface area contributed by atoms with Crippen molar-refractivity contribution in [2.45, 2.75) is 31.7 Å². The van der Waals surface area contributed by atoms with Crippen LogP contribution in [0.25, 0.3) is 11.0 Å². The molecule has 1 amide bonds. The summed E-state index contributed by atoms with van der Waals surface area (Å²) in [4.78, 5) is 17.9. The van der Waals surface area contributed by atoms with Crippen LogP contribution in [-0.4, -0.2) is 49.7 Å². The normalized spacial score (nSPS) is 19.7. The fraction of sp³-hybridized carbons (Fsp3) is 0.400. The summed E-state index contributed by atoms with van der Waals surface area (Å²) in [7, 11) is 0. The summed E-state index contributed by atoms with van der Waals surface area (Å²) in [5, 5.41) is 0.765. The highest BCUT2D eigenvalue weighted by Crippen LogP contribution is 2.29. The zero-order valence-corrected chi connectivity index (χ0v) is 17.6. The van der Waals surface area contributed by atoms with Gasteiger partial charge in [0, 0.05) is 43.2 Å². The quantitative estimate of drug-likeness (QED) is 0.614. The van der Waals surface area contributed by atoms with E-state index in [2.05, 4.69) is 4.90 Å². The number of hydrogen-bond acceptors (Lipinski definition) is 4. The molecule has 0 spiro atoms. The number of likely N-dealkylation sites (tertiary alicyclic amines) is 1. The van der Waals surface area contributed by atoms with Gasteiger partial charge < -0.3 is 19.0 Å². The summed E-state index contributed by atoms with van der Waals surface area (Å²) in [6.07, 6.45) is 3.68. The number of amides is 1. The van der Waals surface area contributed by atoms with Crippen LogP contribution in [0.4, 0.5) is 10.1 Å². The Bertz CT molecular complexity index is 1070. The third-order valence-electron chi connectivity index (χ3n) is 6.34. The van der Waals surface area contributed by atoms with E-state index in [-0.39, 0.29) is 17.8 Å². The number of fused-ring (bicyclic) bond motifs is 1. The highest BCUT2D eigenvalue weighted by molar-refractivity contribution is 6.00. The van der Waals surface area contributed by atoms with E-state index in [1.165, 1.54) is 12.1 Å². The summed E-state index contributed by atoms with van der Waals surface area (Å²) < 4.78 is 25.0.